The van der Waals surface area contributed by atoms with Crippen molar-refractivity contribution >= 4 is 78.0 Å². The molecule has 2 aliphatic heterocycles. The molecule has 0 unspecified atom stereocenters. The standard InChI is InChI=1S/C71H81BN2S/c1-42-34-43(2)62(44(3)35-42)46-36-59-63-60(37-46)74(57-30-25-48(67(7,8)9)38-53(57)45-20-22-47(23-21-45)66(4,5)6)58-31-26-49(68(10,11)12)39-56(58)72(63)65-64(52-28-24-50(69(13,14)15)40-61(52)75-65)73(59)51-27-29-54-55(41-51)71(18,19)33-32-70(54,16)17/h20-31,34-41H,32-33H2,1-19H3. The van der Waals surface area contributed by atoms with Gasteiger partial charge in [-0.15, -0.1) is 11.3 Å². The smallest absolute Gasteiger partial charge is 0.264 e. The van der Waals surface area contributed by atoms with Gasteiger partial charge in [0.25, 0.3) is 6.71 Å². The van der Waals surface area contributed by atoms with Crippen LogP contribution in [0, 0.1) is 20.8 Å². The van der Waals surface area contributed by atoms with Crippen molar-refractivity contribution < 1.29 is 0 Å². The Morgan fingerprint density at radius 1 is 0.467 bits per heavy atom. The number of rotatable bonds is 4. The average Bonchev–Trinajstić information content (AvgIpc) is 3.71. The topological polar surface area (TPSA) is 6.48 Å². The van der Waals surface area contributed by atoms with E-state index in [1.54, 1.807) is 0 Å². The fraction of sp³-hybridized carbons (Fsp3) is 0.380. The molecule has 0 N–H and O–H groups in total. The lowest BCUT2D eigenvalue weighted by molar-refractivity contribution is 0.332. The molecular weight excluding hydrogens is 924 g/mol. The van der Waals surface area contributed by atoms with Gasteiger partial charge in [0, 0.05) is 43.2 Å². The Labute approximate surface area is 455 Å². The van der Waals surface area contributed by atoms with Gasteiger partial charge in [0.2, 0.25) is 0 Å². The minimum absolute atomic E-state index is 0.00378. The summed E-state index contributed by atoms with van der Waals surface area (Å²) in [6, 6.07) is 49.2. The van der Waals surface area contributed by atoms with Crippen LogP contribution in [0.3, 0.4) is 0 Å². The largest absolute Gasteiger partial charge is 0.311 e. The molecule has 8 aromatic rings. The third-order valence-corrected chi connectivity index (χ3v) is 18.8. The van der Waals surface area contributed by atoms with Crippen LogP contribution in [0.4, 0.5) is 34.1 Å². The number of anilines is 6. The highest BCUT2D eigenvalue weighted by atomic mass is 32.1. The van der Waals surface area contributed by atoms with Crippen LogP contribution in [-0.4, -0.2) is 6.71 Å². The molecule has 11 rings (SSSR count). The van der Waals surface area contributed by atoms with Crippen molar-refractivity contribution in [2.75, 3.05) is 9.80 Å². The normalized spacial score (nSPS) is 16.0. The van der Waals surface area contributed by atoms with Gasteiger partial charge in [-0.2, -0.15) is 0 Å². The summed E-state index contributed by atoms with van der Waals surface area (Å²) in [4.78, 5) is 5.41. The molecule has 384 valence electrons. The van der Waals surface area contributed by atoms with Gasteiger partial charge in [-0.05, 0) is 187 Å². The van der Waals surface area contributed by atoms with E-state index in [9.17, 15) is 0 Å². The maximum Gasteiger partial charge on any atom is 0.264 e. The molecule has 0 atom stereocenters. The van der Waals surface area contributed by atoms with Crippen LogP contribution in [-0.2, 0) is 32.5 Å². The summed E-state index contributed by atoms with van der Waals surface area (Å²) in [5.74, 6) is 0. The SMILES string of the molecule is Cc1cc(C)c(-c2cc3c4c(c2)N(c2ccc5c(c2)C(C)(C)CCC5(C)C)c2c(sc5cc(C(C)(C)C)ccc25)B4c2cc(C(C)(C)C)ccc2N3c2ccc(C(C)(C)C)cc2-c2ccc(C(C)(C)C)cc2)c(C)c1. The minimum atomic E-state index is -0.0589. The molecule has 7 aromatic carbocycles. The summed E-state index contributed by atoms with van der Waals surface area (Å²) < 4.78 is 2.77. The molecule has 0 saturated carbocycles. The molecule has 2 nitrogen and oxygen atoms in total. The van der Waals surface area contributed by atoms with Gasteiger partial charge in [-0.3, -0.25) is 0 Å². The number of hydrogen-bond donors (Lipinski definition) is 0. The third-order valence-electron chi connectivity index (χ3n) is 17.6. The second-order valence-electron chi connectivity index (χ2n) is 28.4. The van der Waals surface area contributed by atoms with Crippen LogP contribution in [0.2, 0.25) is 0 Å². The lowest BCUT2D eigenvalue weighted by Crippen LogP contribution is -2.60. The predicted octanol–water partition coefficient (Wildman–Crippen LogP) is 18.8. The Morgan fingerprint density at radius 3 is 1.59 bits per heavy atom. The first-order chi connectivity index (χ1) is 34.9. The molecular formula is C71H81BN2S. The molecule has 0 bridgehead atoms. The number of hydrogen-bond acceptors (Lipinski definition) is 3. The van der Waals surface area contributed by atoms with E-state index in [1.807, 2.05) is 11.3 Å². The van der Waals surface area contributed by atoms with Gasteiger partial charge in [-0.25, -0.2) is 0 Å². The van der Waals surface area contributed by atoms with Gasteiger partial charge in [0.15, 0.2) is 0 Å². The number of benzene rings is 7. The van der Waals surface area contributed by atoms with Crippen LogP contribution in [0.5, 0.6) is 0 Å². The Kier molecular flexibility index (Phi) is 11.7. The molecule has 3 aliphatic rings. The van der Waals surface area contributed by atoms with Crippen molar-refractivity contribution in [2.45, 2.75) is 177 Å². The Hall–Kier alpha value is -5.84. The highest BCUT2D eigenvalue weighted by Gasteiger charge is 2.47. The van der Waals surface area contributed by atoms with Gasteiger partial charge >= 0.3 is 0 Å². The number of fused-ring (bicyclic) bond motifs is 7. The third kappa shape index (κ3) is 8.52. The lowest BCUT2D eigenvalue weighted by atomic mass is 9.36. The van der Waals surface area contributed by atoms with Crippen LogP contribution < -0.4 is 25.5 Å². The fourth-order valence-electron chi connectivity index (χ4n) is 13.0. The summed E-state index contributed by atoms with van der Waals surface area (Å²) in [5.41, 5.74) is 27.7. The van der Waals surface area contributed by atoms with E-state index in [4.69, 9.17) is 0 Å². The van der Waals surface area contributed by atoms with Gasteiger partial charge in [-0.1, -0.05) is 189 Å². The number of thiophene rings is 1. The van der Waals surface area contributed by atoms with Crippen molar-refractivity contribution in [3.8, 4) is 22.3 Å². The first-order valence-electron chi connectivity index (χ1n) is 27.9. The van der Waals surface area contributed by atoms with Crippen molar-refractivity contribution in [3.05, 3.63) is 171 Å². The van der Waals surface area contributed by atoms with Gasteiger partial charge < -0.3 is 9.80 Å². The number of aryl methyl sites for hydroxylation is 3. The number of nitrogens with zero attached hydrogens (tertiary/aromatic N) is 2. The van der Waals surface area contributed by atoms with E-state index >= 15 is 0 Å². The summed E-state index contributed by atoms with van der Waals surface area (Å²) in [5, 5.41) is 1.33. The summed E-state index contributed by atoms with van der Waals surface area (Å²) in [7, 11) is 0. The molecule has 0 spiro atoms. The zero-order valence-corrected chi connectivity index (χ0v) is 49.7. The van der Waals surface area contributed by atoms with Crippen LogP contribution in [0.25, 0.3) is 32.3 Å². The molecule has 75 heavy (non-hydrogen) atoms. The molecule has 0 radical (unpaired) electrons. The van der Waals surface area contributed by atoms with Crippen LogP contribution in [0.1, 0.15) is 174 Å². The molecule has 0 amide bonds. The lowest BCUT2D eigenvalue weighted by Gasteiger charge is -2.45. The first kappa shape index (κ1) is 51.3. The van der Waals surface area contributed by atoms with E-state index in [1.165, 1.54) is 139 Å². The fourth-order valence-corrected chi connectivity index (χ4v) is 14.4. The van der Waals surface area contributed by atoms with E-state index in [-0.39, 0.29) is 39.2 Å². The van der Waals surface area contributed by atoms with Crippen molar-refractivity contribution in [1.29, 1.82) is 0 Å². The van der Waals surface area contributed by atoms with Crippen molar-refractivity contribution in [1.82, 2.24) is 0 Å². The molecule has 0 fully saturated rings. The van der Waals surface area contributed by atoms with Crippen molar-refractivity contribution in [2.24, 2.45) is 0 Å². The molecule has 4 heteroatoms. The average molecular weight is 1010 g/mol. The van der Waals surface area contributed by atoms with Crippen LogP contribution in [0.15, 0.2) is 121 Å². The minimum Gasteiger partial charge on any atom is -0.311 e. The first-order valence-corrected chi connectivity index (χ1v) is 28.7. The zero-order valence-electron chi connectivity index (χ0n) is 48.8. The summed E-state index contributed by atoms with van der Waals surface area (Å²) >= 11 is 2.02. The van der Waals surface area contributed by atoms with Crippen LogP contribution >= 0.6 is 11.3 Å². The van der Waals surface area contributed by atoms with Gasteiger partial charge in [0.05, 0.1) is 11.4 Å². The van der Waals surface area contributed by atoms with E-state index in [0.717, 1.165) is 6.42 Å². The van der Waals surface area contributed by atoms with E-state index in [2.05, 4.69) is 263 Å². The zero-order chi connectivity index (χ0) is 53.9. The maximum atomic E-state index is 2.73. The Bertz CT molecular complexity index is 3600. The van der Waals surface area contributed by atoms with Gasteiger partial charge in [0.1, 0.15) is 0 Å². The second kappa shape index (κ2) is 17.1. The Morgan fingerprint density at radius 2 is 0.987 bits per heavy atom. The highest BCUT2D eigenvalue weighted by molar-refractivity contribution is 7.33. The van der Waals surface area contributed by atoms with Crippen molar-refractivity contribution in [3.63, 3.8) is 0 Å². The molecule has 1 aromatic heterocycles. The Balaban J connectivity index is 1.31. The van der Waals surface area contributed by atoms with E-state index in [0.29, 0.717) is 0 Å². The molecule has 3 heterocycles. The van der Waals surface area contributed by atoms with E-state index < -0.39 is 0 Å². The quantitative estimate of drug-likeness (QED) is 0.162. The summed E-state index contributed by atoms with van der Waals surface area (Å²) in [6.07, 6.45) is 2.35. The monoisotopic (exact) mass is 1000 g/mol. The summed E-state index contributed by atoms with van der Waals surface area (Å²) in [6.45, 7) is 44.9. The maximum absolute atomic E-state index is 2.73. The second-order valence-corrected chi connectivity index (χ2v) is 29.5. The predicted molar refractivity (Wildman–Crippen MR) is 331 cm³/mol. The molecule has 1 aliphatic carbocycles. The molecule has 0 saturated heterocycles. The highest BCUT2D eigenvalue weighted by Crippen LogP contribution is 2.54.